The van der Waals surface area contributed by atoms with Crippen molar-refractivity contribution in [1.82, 2.24) is 10.2 Å². The van der Waals surface area contributed by atoms with Crippen molar-refractivity contribution < 1.29 is 9.18 Å². The second-order valence-electron chi connectivity index (χ2n) is 5.73. The first kappa shape index (κ1) is 15.5. The molecule has 0 spiro atoms. The lowest BCUT2D eigenvalue weighted by atomic mass is 9.99. The Bertz CT molecular complexity index is 960. The summed E-state index contributed by atoms with van der Waals surface area (Å²) in [5.74, 6) is -1.25. The van der Waals surface area contributed by atoms with E-state index in [1.165, 1.54) is 22.3 Å². The second-order valence-corrected chi connectivity index (χ2v) is 6.59. The van der Waals surface area contributed by atoms with E-state index in [-0.39, 0.29) is 18.3 Å². The predicted molar refractivity (Wildman–Crippen MR) is 94.6 cm³/mol. The number of fused-ring (bicyclic) bond motifs is 1. The van der Waals surface area contributed by atoms with E-state index < -0.39 is 5.92 Å². The van der Waals surface area contributed by atoms with Crippen LogP contribution in [-0.2, 0) is 11.3 Å². The van der Waals surface area contributed by atoms with Crippen molar-refractivity contribution in [2.24, 2.45) is 0 Å². The fourth-order valence-corrected chi connectivity index (χ4v) is 3.73. The topological polar surface area (TPSA) is 98.1 Å². The lowest BCUT2D eigenvalue weighted by Crippen LogP contribution is -2.29. The van der Waals surface area contributed by atoms with Gasteiger partial charge in [0.25, 0.3) is 0 Å². The number of hydrogen-bond donors (Lipinski definition) is 2. The summed E-state index contributed by atoms with van der Waals surface area (Å²) in [5, 5.41) is 8.38. The number of halogens is 1. The highest BCUT2D eigenvalue weighted by atomic mass is 32.1. The number of amides is 1. The maximum atomic E-state index is 14.1. The van der Waals surface area contributed by atoms with Crippen LogP contribution in [-0.4, -0.2) is 16.1 Å². The molecule has 1 atom stereocenters. The van der Waals surface area contributed by atoms with Gasteiger partial charge in [0.05, 0.1) is 23.6 Å². The normalized spacial score (nSPS) is 16.3. The van der Waals surface area contributed by atoms with E-state index in [1.807, 2.05) is 0 Å². The highest BCUT2D eigenvalue weighted by Crippen LogP contribution is 2.47. The van der Waals surface area contributed by atoms with Gasteiger partial charge in [-0.3, -0.25) is 4.79 Å². The number of nitrogen functional groups attached to an aromatic ring is 2. The average molecular weight is 355 g/mol. The smallest absolute Gasteiger partial charge is 0.242 e. The van der Waals surface area contributed by atoms with Crippen molar-refractivity contribution in [3.8, 4) is 0 Å². The second kappa shape index (κ2) is 5.82. The number of benzene rings is 2. The maximum Gasteiger partial charge on any atom is 0.242 e. The van der Waals surface area contributed by atoms with E-state index in [0.29, 0.717) is 33.2 Å². The monoisotopic (exact) mass is 355 g/mol. The fraction of sp³-hybridized carbons (Fsp3) is 0.118. The zero-order valence-corrected chi connectivity index (χ0v) is 13.8. The summed E-state index contributed by atoms with van der Waals surface area (Å²) < 4.78 is 14.1. The van der Waals surface area contributed by atoms with Gasteiger partial charge in [-0.15, -0.1) is 21.5 Å². The SMILES string of the molecule is Nc1ccc2c(c1N)C(c1nncs1)C(=O)N2Cc1ccccc1F. The first-order valence-corrected chi connectivity index (χ1v) is 8.44. The first-order valence-electron chi connectivity index (χ1n) is 7.56. The number of hydrogen-bond acceptors (Lipinski definition) is 6. The quantitative estimate of drug-likeness (QED) is 0.704. The Hall–Kier alpha value is -3.00. The molecule has 0 radical (unpaired) electrons. The third kappa shape index (κ3) is 2.42. The first-order chi connectivity index (χ1) is 12.1. The minimum Gasteiger partial charge on any atom is -0.397 e. The van der Waals surface area contributed by atoms with E-state index in [4.69, 9.17) is 11.5 Å². The third-order valence-corrected chi connectivity index (χ3v) is 5.06. The van der Waals surface area contributed by atoms with Crippen LogP contribution >= 0.6 is 11.3 Å². The summed E-state index contributed by atoms with van der Waals surface area (Å²) in [7, 11) is 0. The van der Waals surface area contributed by atoms with Crippen LogP contribution in [0.25, 0.3) is 0 Å². The van der Waals surface area contributed by atoms with Gasteiger partial charge in [0.1, 0.15) is 22.3 Å². The summed E-state index contributed by atoms with van der Waals surface area (Å²) in [6, 6.07) is 9.76. The van der Waals surface area contributed by atoms with Gasteiger partial charge in [-0.1, -0.05) is 18.2 Å². The van der Waals surface area contributed by atoms with Crippen molar-refractivity contribution in [2.75, 3.05) is 16.4 Å². The standard InChI is InChI=1S/C17H14FN5OS/c18-10-4-2-1-3-9(10)7-23-12-6-5-11(19)15(20)13(12)14(17(23)24)16-22-21-8-25-16/h1-6,8,14H,7,19-20H2. The molecule has 1 amide bonds. The van der Waals surface area contributed by atoms with Crippen LogP contribution in [0.2, 0.25) is 0 Å². The van der Waals surface area contributed by atoms with Gasteiger partial charge in [0.15, 0.2) is 0 Å². The van der Waals surface area contributed by atoms with Crippen LogP contribution in [0.1, 0.15) is 22.1 Å². The molecule has 4 rings (SSSR count). The van der Waals surface area contributed by atoms with Gasteiger partial charge in [-0.25, -0.2) is 4.39 Å². The fourth-order valence-electron chi connectivity index (χ4n) is 3.08. The van der Waals surface area contributed by atoms with E-state index in [9.17, 15) is 9.18 Å². The summed E-state index contributed by atoms with van der Waals surface area (Å²) in [6.45, 7) is 0.108. The Morgan fingerprint density at radius 2 is 2.00 bits per heavy atom. The summed E-state index contributed by atoms with van der Waals surface area (Å²) >= 11 is 1.27. The van der Waals surface area contributed by atoms with Gasteiger partial charge in [-0.05, 0) is 18.2 Å². The molecule has 2 heterocycles. The molecule has 0 saturated heterocycles. The van der Waals surface area contributed by atoms with Gasteiger partial charge < -0.3 is 16.4 Å². The molecule has 1 aromatic heterocycles. The third-order valence-electron chi connectivity index (χ3n) is 4.30. The number of nitrogens with two attached hydrogens (primary N) is 2. The minimum atomic E-state index is -0.669. The van der Waals surface area contributed by atoms with Crippen molar-refractivity contribution in [1.29, 1.82) is 0 Å². The van der Waals surface area contributed by atoms with E-state index >= 15 is 0 Å². The molecule has 1 aliphatic rings. The molecule has 0 saturated carbocycles. The zero-order chi connectivity index (χ0) is 17.6. The Balaban J connectivity index is 1.84. The van der Waals surface area contributed by atoms with Gasteiger partial charge in [-0.2, -0.15) is 0 Å². The number of carbonyl (C=O) groups excluding carboxylic acids is 1. The Labute approximate surface area is 146 Å². The highest BCUT2D eigenvalue weighted by molar-refractivity contribution is 7.09. The molecule has 0 fully saturated rings. The molecule has 2 aromatic carbocycles. The van der Waals surface area contributed by atoms with E-state index in [0.717, 1.165) is 0 Å². The number of nitrogens with zero attached hydrogens (tertiary/aromatic N) is 3. The van der Waals surface area contributed by atoms with Crippen molar-refractivity contribution in [3.05, 3.63) is 63.9 Å². The Morgan fingerprint density at radius 3 is 2.72 bits per heavy atom. The maximum absolute atomic E-state index is 14.1. The Kier molecular flexibility index (Phi) is 3.61. The summed E-state index contributed by atoms with van der Waals surface area (Å²) in [6.07, 6.45) is 0. The molecular formula is C17H14FN5OS. The predicted octanol–water partition coefficient (Wildman–Crippen LogP) is 2.52. The molecule has 6 nitrogen and oxygen atoms in total. The zero-order valence-electron chi connectivity index (χ0n) is 13.0. The number of anilines is 3. The molecule has 1 unspecified atom stereocenters. The van der Waals surface area contributed by atoms with Gasteiger partial charge in [0, 0.05) is 11.1 Å². The number of rotatable bonds is 3. The molecule has 3 aromatic rings. The summed E-state index contributed by atoms with van der Waals surface area (Å²) in [4.78, 5) is 14.6. The Morgan fingerprint density at radius 1 is 1.20 bits per heavy atom. The van der Waals surface area contributed by atoms with Crippen LogP contribution < -0.4 is 16.4 Å². The van der Waals surface area contributed by atoms with E-state index in [2.05, 4.69) is 10.2 Å². The number of aromatic nitrogens is 2. The van der Waals surface area contributed by atoms with Gasteiger partial charge >= 0.3 is 0 Å². The molecule has 25 heavy (non-hydrogen) atoms. The lowest BCUT2D eigenvalue weighted by Gasteiger charge is -2.18. The van der Waals surface area contributed by atoms with Crippen molar-refractivity contribution in [3.63, 3.8) is 0 Å². The molecule has 4 N–H and O–H groups in total. The lowest BCUT2D eigenvalue weighted by molar-refractivity contribution is -0.118. The summed E-state index contributed by atoms with van der Waals surface area (Å²) in [5.41, 5.74) is 16.1. The molecule has 126 valence electrons. The molecule has 1 aliphatic heterocycles. The average Bonchev–Trinajstić information content (AvgIpc) is 3.21. The minimum absolute atomic E-state index is 0.108. The van der Waals surface area contributed by atoms with Crippen LogP contribution in [0, 0.1) is 5.82 Å². The molecule has 8 heteroatoms. The van der Waals surface area contributed by atoms with Crippen LogP contribution in [0.5, 0.6) is 0 Å². The largest absolute Gasteiger partial charge is 0.397 e. The number of carbonyl (C=O) groups is 1. The molecular weight excluding hydrogens is 341 g/mol. The van der Waals surface area contributed by atoms with Crippen molar-refractivity contribution >= 4 is 34.3 Å². The van der Waals surface area contributed by atoms with Crippen LogP contribution in [0.3, 0.4) is 0 Å². The van der Waals surface area contributed by atoms with Crippen LogP contribution in [0.15, 0.2) is 41.9 Å². The van der Waals surface area contributed by atoms with Crippen LogP contribution in [0.4, 0.5) is 21.5 Å². The van der Waals surface area contributed by atoms with Crippen molar-refractivity contribution in [2.45, 2.75) is 12.5 Å². The van der Waals surface area contributed by atoms with E-state index in [1.54, 1.807) is 35.8 Å². The molecule has 0 bridgehead atoms. The van der Waals surface area contributed by atoms with Gasteiger partial charge in [0.2, 0.25) is 5.91 Å². The highest BCUT2D eigenvalue weighted by Gasteiger charge is 2.42. The molecule has 0 aliphatic carbocycles.